The maximum absolute atomic E-state index is 4.50. The molecule has 0 unspecified atom stereocenters. The predicted octanol–water partition coefficient (Wildman–Crippen LogP) is 3.08. The second-order valence-electron chi connectivity index (χ2n) is 5.21. The van der Waals surface area contributed by atoms with E-state index in [1.807, 2.05) is 20.0 Å². The molecule has 0 aliphatic carbocycles. The van der Waals surface area contributed by atoms with Crippen molar-refractivity contribution in [2.45, 2.75) is 27.3 Å². The first-order valence-electron chi connectivity index (χ1n) is 6.80. The maximum atomic E-state index is 4.50. The Balaban J connectivity index is 2.22. The van der Waals surface area contributed by atoms with Crippen LogP contribution in [0.25, 0.3) is 0 Å². The van der Waals surface area contributed by atoms with Crippen molar-refractivity contribution < 1.29 is 0 Å². The van der Waals surface area contributed by atoms with E-state index in [1.165, 1.54) is 16.8 Å². The van der Waals surface area contributed by atoms with Crippen molar-refractivity contribution in [1.82, 2.24) is 9.97 Å². The molecule has 1 aromatic carbocycles. The number of hydrogen-bond donors (Lipinski definition) is 1. The normalized spacial score (nSPS) is 10.4. The number of anilines is 2. The quantitative estimate of drug-likeness (QED) is 0.927. The van der Waals surface area contributed by atoms with E-state index in [0.717, 1.165) is 17.3 Å². The molecule has 0 amide bonds. The van der Waals surface area contributed by atoms with Crippen molar-refractivity contribution in [3.05, 3.63) is 46.9 Å². The van der Waals surface area contributed by atoms with Crippen LogP contribution in [0, 0.1) is 20.8 Å². The molecule has 0 spiro atoms. The van der Waals surface area contributed by atoms with Crippen LogP contribution in [0.1, 0.15) is 22.6 Å². The van der Waals surface area contributed by atoms with E-state index in [4.69, 9.17) is 0 Å². The number of benzene rings is 1. The first-order chi connectivity index (χ1) is 9.49. The third-order valence-electron chi connectivity index (χ3n) is 3.30. The van der Waals surface area contributed by atoms with Crippen LogP contribution in [0.4, 0.5) is 11.5 Å². The summed E-state index contributed by atoms with van der Waals surface area (Å²) in [4.78, 5) is 11.2. The molecule has 1 heterocycles. The van der Waals surface area contributed by atoms with Crippen molar-refractivity contribution in [3.63, 3.8) is 0 Å². The van der Waals surface area contributed by atoms with Gasteiger partial charge in [-0.05, 0) is 32.4 Å². The Morgan fingerprint density at radius 1 is 1.10 bits per heavy atom. The number of hydrogen-bond acceptors (Lipinski definition) is 4. The Morgan fingerprint density at radius 3 is 2.50 bits per heavy atom. The smallest absolute Gasteiger partial charge is 0.150 e. The first-order valence-corrected chi connectivity index (χ1v) is 6.80. The monoisotopic (exact) mass is 270 g/mol. The van der Waals surface area contributed by atoms with Crippen LogP contribution in [-0.4, -0.2) is 24.1 Å². The summed E-state index contributed by atoms with van der Waals surface area (Å²) < 4.78 is 0. The Morgan fingerprint density at radius 2 is 1.85 bits per heavy atom. The molecule has 4 nitrogen and oxygen atoms in total. The molecule has 20 heavy (non-hydrogen) atoms. The number of nitrogens with one attached hydrogen (secondary N) is 1. The van der Waals surface area contributed by atoms with Gasteiger partial charge < -0.3 is 10.2 Å². The molecular formula is C16H22N4. The molecule has 2 aromatic rings. The summed E-state index contributed by atoms with van der Waals surface area (Å²) in [6.45, 7) is 6.93. The highest BCUT2D eigenvalue weighted by Gasteiger charge is 2.08. The molecular weight excluding hydrogens is 248 g/mol. The summed E-state index contributed by atoms with van der Waals surface area (Å²) >= 11 is 0. The van der Waals surface area contributed by atoms with Crippen molar-refractivity contribution in [2.24, 2.45) is 0 Å². The van der Waals surface area contributed by atoms with Gasteiger partial charge in [-0.15, -0.1) is 0 Å². The summed E-state index contributed by atoms with van der Waals surface area (Å²) in [6, 6.07) is 8.43. The molecule has 4 heteroatoms. The third kappa shape index (κ3) is 3.26. The van der Waals surface area contributed by atoms with E-state index in [2.05, 4.69) is 59.3 Å². The summed E-state index contributed by atoms with van der Waals surface area (Å²) in [6.07, 6.45) is 0. The lowest BCUT2D eigenvalue weighted by molar-refractivity contribution is 0.827. The minimum atomic E-state index is 0.695. The Hall–Kier alpha value is -2.10. The average molecular weight is 270 g/mol. The van der Waals surface area contributed by atoms with Crippen LogP contribution < -0.4 is 10.2 Å². The van der Waals surface area contributed by atoms with Gasteiger partial charge in [-0.25, -0.2) is 9.97 Å². The zero-order valence-electron chi connectivity index (χ0n) is 12.9. The van der Waals surface area contributed by atoms with Gasteiger partial charge in [0.2, 0.25) is 0 Å². The molecule has 0 bridgehead atoms. The van der Waals surface area contributed by atoms with Crippen LogP contribution in [0.3, 0.4) is 0 Å². The van der Waals surface area contributed by atoms with Crippen molar-refractivity contribution in [2.75, 3.05) is 24.3 Å². The van der Waals surface area contributed by atoms with Crippen LogP contribution in [0.5, 0.6) is 0 Å². The molecule has 0 saturated carbocycles. The fraction of sp³-hybridized carbons (Fsp3) is 0.375. The van der Waals surface area contributed by atoms with Crippen LogP contribution in [0.15, 0.2) is 24.3 Å². The first kappa shape index (κ1) is 14.3. The highest BCUT2D eigenvalue weighted by molar-refractivity contribution is 5.53. The summed E-state index contributed by atoms with van der Waals surface area (Å²) in [5.74, 6) is 1.69. The van der Waals surface area contributed by atoms with Crippen molar-refractivity contribution >= 4 is 11.5 Å². The number of rotatable bonds is 4. The van der Waals surface area contributed by atoms with Gasteiger partial charge in [-0.3, -0.25) is 0 Å². The topological polar surface area (TPSA) is 41.1 Å². The molecule has 106 valence electrons. The predicted molar refractivity (Wildman–Crippen MR) is 84.3 cm³/mol. The Kier molecular flexibility index (Phi) is 4.23. The minimum absolute atomic E-state index is 0.695. The molecule has 1 aromatic heterocycles. The lowest BCUT2D eigenvalue weighted by atomic mass is 10.1. The standard InChI is InChI=1S/C16H22N4/c1-11-6-7-14(12(2)8-11)20(5)10-16-18-13(3)9-15(17-4)19-16/h6-9H,10H2,1-5H3,(H,17,18,19). The van der Waals surface area contributed by atoms with Crippen LogP contribution in [-0.2, 0) is 6.54 Å². The Bertz CT molecular complexity index is 607. The maximum Gasteiger partial charge on any atom is 0.150 e. The lowest BCUT2D eigenvalue weighted by Crippen LogP contribution is -2.19. The number of nitrogens with zero attached hydrogens (tertiary/aromatic N) is 3. The van der Waals surface area contributed by atoms with Gasteiger partial charge in [-0.2, -0.15) is 0 Å². The molecule has 0 radical (unpaired) electrons. The highest BCUT2D eigenvalue weighted by atomic mass is 15.1. The summed E-state index contributed by atoms with van der Waals surface area (Å²) in [7, 11) is 3.95. The largest absolute Gasteiger partial charge is 0.373 e. The fourth-order valence-electron chi connectivity index (χ4n) is 2.36. The SMILES string of the molecule is CNc1cc(C)nc(CN(C)c2ccc(C)cc2C)n1. The molecule has 2 rings (SSSR count). The van der Waals surface area contributed by atoms with Gasteiger partial charge in [0.15, 0.2) is 0 Å². The lowest BCUT2D eigenvalue weighted by Gasteiger charge is -2.21. The molecule has 0 saturated heterocycles. The summed E-state index contributed by atoms with van der Waals surface area (Å²) in [5, 5.41) is 3.07. The van der Waals surface area contributed by atoms with Gasteiger partial charge >= 0.3 is 0 Å². The molecule has 0 atom stereocenters. The van der Waals surface area contributed by atoms with Gasteiger partial charge in [0.25, 0.3) is 0 Å². The summed E-state index contributed by atoms with van der Waals surface area (Å²) in [5.41, 5.74) is 4.75. The van der Waals surface area contributed by atoms with Gasteiger partial charge in [-0.1, -0.05) is 17.7 Å². The van der Waals surface area contributed by atoms with Gasteiger partial charge in [0.1, 0.15) is 11.6 Å². The second kappa shape index (κ2) is 5.90. The van der Waals surface area contributed by atoms with Crippen molar-refractivity contribution in [3.8, 4) is 0 Å². The van der Waals surface area contributed by atoms with E-state index in [0.29, 0.717) is 6.54 Å². The highest BCUT2D eigenvalue weighted by Crippen LogP contribution is 2.21. The minimum Gasteiger partial charge on any atom is -0.373 e. The van der Waals surface area contributed by atoms with E-state index < -0.39 is 0 Å². The number of aryl methyl sites for hydroxylation is 3. The van der Waals surface area contributed by atoms with E-state index in [9.17, 15) is 0 Å². The second-order valence-corrected chi connectivity index (χ2v) is 5.21. The van der Waals surface area contributed by atoms with Crippen LogP contribution >= 0.6 is 0 Å². The molecule has 0 aliphatic heterocycles. The van der Waals surface area contributed by atoms with Crippen LogP contribution in [0.2, 0.25) is 0 Å². The Labute approximate surface area is 120 Å². The third-order valence-corrected chi connectivity index (χ3v) is 3.30. The average Bonchev–Trinajstić information content (AvgIpc) is 2.37. The zero-order valence-corrected chi connectivity index (χ0v) is 12.9. The molecule has 1 N–H and O–H groups in total. The molecule has 0 fully saturated rings. The van der Waals surface area contributed by atoms with E-state index >= 15 is 0 Å². The van der Waals surface area contributed by atoms with Gasteiger partial charge in [0, 0.05) is 31.5 Å². The van der Waals surface area contributed by atoms with Crippen molar-refractivity contribution in [1.29, 1.82) is 0 Å². The zero-order chi connectivity index (χ0) is 14.7. The molecule has 0 aliphatic rings. The van der Waals surface area contributed by atoms with E-state index in [-0.39, 0.29) is 0 Å². The van der Waals surface area contributed by atoms with Gasteiger partial charge in [0.05, 0.1) is 6.54 Å². The number of aromatic nitrogens is 2. The van der Waals surface area contributed by atoms with E-state index in [1.54, 1.807) is 0 Å². The fourth-order valence-corrected chi connectivity index (χ4v) is 2.36.